The highest BCUT2D eigenvalue weighted by atomic mass is 79.9. The third-order valence-electron chi connectivity index (χ3n) is 1.85. The summed E-state index contributed by atoms with van der Waals surface area (Å²) in [5.74, 6) is 0. The van der Waals surface area contributed by atoms with Crippen LogP contribution >= 0.6 is 27.5 Å². The van der Waals surface area contributed by atoms with Gasteiger partial charge in [0, 0.05) is 17.4 Å². The fraction of sp³-hybridized carbons (Fsp3) is 0.0909. The predicted molar refractivity (Wildman–Crippen MR) is 65.5 cm³/mol. The van der Waals surface area contributed by atoms with Crippen LogP contribution in [0.15, 0.2) is 41.1 Å². The molecule has 1 aromatic carbocycles. The molecular formula is C11H8BrClN2O. The monoisotopic (exact) mass is 298 g/mol. The van der Waals surface area contributed by atoms with Crippen molar-refractivity contribution in [2.45, 2.75) is 6.61 Å². The fourth-order valence-corrected chi connectivity index (χ4v) is 1.57. The summed E-state index contributed by atoms with van der Waals surface area (Å²) < 4.78 is 6.22. The van der Waals surface area contributed by atoms with Crippen molar-refractivity contribution in [3.8, 4) is 6.01 Å². The molecule has 1 heterocycles. The van der Waals surface area contributed by atoms with Crippen molar-refractivity contribution in [1.82, 2.24) is 9.97 Å². The van der Waals surface area contributed by atoms with Gasteiger partial charge >= 0.3 is 6.01 Å². The third kappa shape index (κ3) is 3.18. The predicted octanol–water partition coefficient (Wildman–Crippen LogP) is 3.47. The molecule has 0 aliphatic heterocycles. The highest BCUT2D eigenvalue weighted by Crippen LogP contribution is 2.13. The Morgan fingerprint density at radius 3 is 2.69 bits per heavy atom. The van der Waals surface area contributed by atoms with E-state index in [1.165, 1.54) is 0 Å². The summed E-state index contributed by atoms with van der Waals surface area (Å²) in [4.78, 5) is 8.01. The second-order valence-electron chi connectivity index (χ2n) is 3.10. The van der Waals surface area contributed by atoms with Crippen molar-refractivity contribution >= 4 is 27.5 Å². The van der Waals surface area contributed by atoms with E-state index in [2.05, 4.69) is 25.9 Å². The van der Waals surface area contributed by atoms with Gasteiger partial charge in [0.25, 0.3) is 0 Å². The van der Waals surface area contributed by atoms with Gasteiger partial charge in [0.2, 0.25) is 0 Å². The number of hydrogen-bond acceptors (Lipinski definition) is 3. The second-order valence-corrected chi connectivity index (χ2v) is 4.45. The minimum Gasteiger partial charge on any atom is -0.459 e. The number of benzene rings is 1. The lowest BCUT2D eigenvalue weighted by Gasteiger charge is -2.04. The Hall–Kier alpha value is -1.13. The molecule has 0 atom stereocenters. The van der Waals surface area contributed by atoms with Crippen molar-refractivity contribution in [2.24, 2.45) is 0 Å². The van der Waals surface area contributed by atoms with Crippen molar-refractivity contribution in [2.75, 3.05) is 0 Å². The Morgan fingerprint density at radius 2 is 2.00 bits per heavy atom. The highest BCUT2D eigenvalue weighted by Gasteiger charge is 1.99. The smallest absolute Gasteiger partial charge is 0.316 e. The molecule has 0 fully saturated rings. The average molecular weight is 300 g/mol. The summed E-state index contributed by atoms with van der Waals surface area (Å²) in [6, 6.07) is 7.83. The lowest BCUT2D eigenvalue weighted by molar-refractivity contribution is 0.280. The van der Waals surface area contributed by atoms with Gasteiger partial charge < -0.3 is 4.74 Å². The number of nitrogens with zero attached hydrogens (tertiary/aromatic N) is 2. The quantitative estimate of drug-likeness (QED) is 0.870. The number of hydrogen-bond donors (Lipinski definition) is 0. The average Bonchev–Trinajstić information content (AvgIpc) is 2.28. The Kier molecular flexibility index (Phi) is 3.74. The van der Waals surface area contributed by atoms with Gasteiger partial charge in [0.05, 0.1) is 4.47 Å². The summed E-state index contributed by atoms with van der Waals surface area (Å²) in [5.41, 5.74) is 0.985. The first kappa shape index (κ1) is 11.4. The van der Waals surface area contributed by atoms with Crippen LogP contribution in [0.1, 0.15) is 5.56 Å². The molecule has 0 radical (unpaired) electrons. The molecule has 2 rings (SSSR count). The van der Waals surface area contributed by atoms with Crippen LogP contribution in [0.5, 0.6) is 6.01 Å². The zero-order valence-corrected chi connectivity index (χ0v) is 10.6. The fourth-order valence-electron chi connectivity index (χ4n) is 1.15. The first-order valence-corrected chi connectivity index (χ1v) is 5.76. The first-order valence-electron chi connectivity index (χ1n) is 4.59. The van der Waals surface area contributed by atoms with E-state index < -0.39 is 0 Å². The van der Waals surface area contributed by atoms with Crippen LogP contribution < -0.4 is 4.74 Å². The van der Waals surface area contributed by atoms with Gasteiger partial charge in [-0.1, -0.05) is 23.7 Å². The molecule has 0 saturated carbocycles. The SMILES string of the molecule is Clc1cccc(COc2ncc(Br)cn2)c1. The molecule has 0 N–H and O–H groups in total. The molecule has 0 unspecified atom stereocenters. The van der Waals surface area contributed by atoms with Crippen molar-refractivity contribution in [1.29, 1.82) is 0 Å². The Bertz CT molecular complexity index is 476. The summed E-state index contributed by atoms with van der Waals surface area (Å²) >= 11 is 9.11. The van der Waals surface area contributed by atoms with Crippen LogP contribution in [-0.2, 0) is 6.61 Å². The van der Waals surface area contributed by atoms with Crippen LogP contribution in [0.4, 0.5) is 0 Å². The van der Waals surface area contributed by atoms with Gasteiger partial charge in [0.15, 0.2) is 0 Å². The molecule has 5 heteroatoms. The molecule has 1 aromatic heterocycles. The second kappa shape index (κ2) is 5.27. The molecule has 2 aromatic rings. The summed E-state index contributed by atoms with van der Waals surface area (Å²) in [6.07, 6.45) is 3.28. The van der Waals surface area contributed by atoms with Crippen LogP contribution in [0, 0.1) is 0 Å². The maximum absolute atomic E-state index is 5.85. The van der Waals surface area contributed by atoms with E-state index in [0.29, 0.717) is 17.6 Å². The summed E-state index contributed by atoms with van der Waals surface area (Å²) in [7, 11) is 0. The maximum atomic E-state index is 5.85. The topological polar surface area (TPSA) is 35.0 Å². The molecule has 16 heavy (non-hydrogen) atoms. The lowest BCUT2D eigenvalue weighted by Crippen LogP contribution is -1.98. The van der Waals surface area contributed by atoms with E-state index in [4.69, 9.17) is 16.3 Å². The van der Waals surface area contributed by atoms with Crippen LogP contribution in [0.25, 0.3) is 0 Å². The van der Waals surface area contributed by atoms with Gasteiger partial charge in [-0.25, -0.2) is 9.97 Å². The number of rotatable bonds is 3. The van der Waals surface area contributed by atoms with Gasteiger partial charge in [-0.15, -0.1) is 0 Å². The standard InChI is InChI=1S/C11H8BrClN2O/c12-9-5-14-11(15-6-9)16-7-8-2-1-3-10(13)4-8/h1-6H,7H2. The Balaban J connectivity index is 1.99. The third-order valence-corrected chi connectivity index (χ3v) is 2.50. The van der Waals surface area contributed by atoms with Gasteiger partial charge in [-0.3, -0.25) is 0 Å². The van der Waals surface area contributed by atoms with E-state index in [9.17, 15) is 0 Å². The molecule has 3 nitrogen and oxygen atoms in total. The van der Waals surface area contributed by atoms with E-state index in [-0.39, 0.29) is 0 Å². The molecule has 0 spiro atoms. The molecule has 0 aliphatic rings. The molecular weight excluding hydrogens is 291 g/mol. The van der Waals surface area contributed by atoms with Crippen molar-refractivity contribution in [3.05, 3.63) is 51.7 Å². The zero-order valence-electron chi connectivity index (χ0n) is 8.23. The number of halogens is 2. The van der Waals surface area contributed by atoms with Crippen LogP contribution in [-0.4, -0.2) is 9.97 Å². The van der Waals surface area contributed by atoms with Crippen molar-refractivity contribution < 1.29 is 4.74 Å². The van der Waals surface area contributed by atoms with Gasteiger partial charge in [-0.2, -0.15) is 0 Å². The largest absolute Gasteiger partial charge is 0.459 e. The minimum absolute atomic E-state index is 0.350. The number of aromatic nitrogens is 2. The maximum Gasteiger partial charge on any atom is 0.316 e. The molecule has 0 aliphatic carbocycles. The lowest BCUT2D eigenvalue weighted by atomic mass is 10.2. The number of ether oxygens (including phenoxy) is 1. The van der Waals surface area contributed by atoms with Gasteiger partial charge in [0.1, 0.15) is 6.61 Å². The van der Waals surface area contributed by atoms with E-state index in [1.54, 1.807) is 12.4 Å². The molecule has 82 valence electrons. The normalized spacial score (nSPS) is 10.1. The molecule has 0 saturated heterocycles. The molecule has 0 bridgehead atoms. The van der Waals surface area contributed by atoms with Crippen LogP contribution in [0.3, 0.4) is 0 Å². The van der Waals surface area contributed by atoms with E-state index >= 15 is 0 Å². The van der Waals surface area contributed by atoms with E-state index in [0.717, 1.165) is 10.0 Å². The zero-order chi connectivity index (χ0) is 11.4. The first-order chi connectivity index (χ1) is 7.74. The minimum atomic E-state index is 0.350. The summed E-state index contributed by atoms with van der Waals surface area (Å²) in [5, 5.41) is 0.692. The van der Waals surface area contributed by atoms with Crippen molar-refractivity contribution in [3.63, 3.8) is 0 Å². The Labute approximate surface area is 107 Å². The van der Waals surface area contributed by atoms with Crippen LogP contribution in [0.2, 0.25) is 5.02 Å². The summed E-state index contributed by atoms with van der Waals surface area (Å²) in [6.45, 7) is 0.405. The van der Waals surface area contributed by atoms with Gasteiger partial charge in [-0.05, 0) is 33.6 Å². The molecule has 0 amide bonds. The Morgan fingerprint density at radius 1 is 1.25 bits per heavy atom. The van der Waals surface area contributed by atoms with E-state index in [1.807, 2.05) is 24.3 Å². The highest BCUT2D eigenvalue weighted by molar-refractivity contribution is 9.10.